The van der Waals surface area contributed by atoms with Gasteiger partial charge in [-0.25, -0.2) is 0 Å². The average Bonchev–Trinajstić information content (AvgIpc) is 2.79. The molecule has 102 valence electrons. The summed E-state index contributed by atoms with van der Waals surface area (Å²) >= 11 is 0. The largest absolute Gasteiger partial charge is 0.469 e. The number of carbonyl (C=O) groups is 1. The normalized spacial score (nSPS) is 11.8. The van der Waals surface area contributed by atoms with Gasteiger partial charge in [-0.05, 0) is 36.9 Å². The van der Waals surface area contributed by atoms with Crippen LogP contribution in [0, 0.1) is 5.41 Å². The summed E-state index contributed by atoms with van der Waals surface area (Å²) in [4.78, 5) is 11.8. The van der Waals surface area contributed by atoms with Gasteiger partial charge in [0.25, 0.3) is 0 Å². The molecule has 0 bridgehead atoms. The molecule has 0 saturated heterocycles. The van der Waals surface area contributed by atoms with Gasteiger partial charge in [-0.3, -0.25) is 4.79 Å². The predicted octanol–water partition coefficient (Wildman–Crippen LogP) is 2.30. The van der Waals surface area contributed by atoms with Gasteiger partial charge in [-0.2, -0.15) is 0 Å². The number of ether oxygens (including phenoxy) is 1. The molecule has 2 rings (SSSR count). The van der Waals surface area contributed by atoms with Crippen molar-refractivity contribution >= 4 is 16.9 Å². The highest BCUT2D eigenvalue weighted by atomic mass is 16.5. The summed E-state index contributed by atoms with van der Waals surface area (Å²) in [5.74, 6) is -0.204. The Morgan fingerprint density at radius 2 is 2.11 bits per heavy atom. The van der Waals surface area contributed by atoms with Crippen molar-refractivity contribution in [2.75, 3.05) is 7.11 Å². The highest BCUT2D eigenvalue weighted by Gasteiger charge is 2.29. The van der Waals surface area contributed by atoms with Crippen LogP contribution in [0.5, 0.6) is 0 Å². The van der Waals surface area contributed by atoms with E-state index < -0.39 is 5.41 Å². The highest BCUT2D eigenvalue weighted by molar-refractivity contribution is 5.81. The van der Waals surface area contributed by atoms with Gasteiger partial charge in [0.05, 0.1) is 12.5 Å². The second kappa shape index (κ2) is 5.05. The van der Waals surface area contributed by atoms with Gasteiger partial charge in [0.1, 0.15) is 0 Å². The molecule has 19 heavy (non-hydrogen) atoms. The fourth-order valence-electron chi connectivity index (χ4n) is 2.26. The van der Waals surface area contributed by atoms with E-state index in [1.807, 2.05) is 32.2 Å². The first-order valence-corrected chi connectivity index (χ1v) is 6.34. The van der Waals surface area contributed by atoms with Gasteiger partial charge in [-0.1, -0.05) is 12.1 Å². The standard InChI is InChI=1S/C15H20N2O2/c1-15(2,14(18)19-3)10-17-7-6-12-5-4-11(9-16)8-13(12)17/h4-8H,9-10,16H2,1-3H3. The lowest BCUT2D eigenvalue weighted by Crippen LogP contribution is -2.30. The van der Waals surface area contributed by atoms with Crippen molar-refractivity contribution in [3.8, 4) is 0 Å². The van der Waals surface area contributed by atoms with Crippen LogP contribution in [0.1, 0.15) is 19.4 Å². The summed E-state index contributed by atoms with van der Waals surface area (Å²) in [6.45, 7) is 4.87. The number of nitrogens with zero attached hydrogens (tertiary/aromatic N) is 1. The number of hydrogen-bond donors (Lipinski definition) is 1. The molecule has 0 fully saturated rings. The molecule has 2 N–H and O–H groups in total. The topological polar surface area (TPSA) is 57.2 Å². The van der Waals surface area contributed by atoms with E-state index in [9.17, 15) is 4.79 Å². The second-order valence-electron chi connectivity index (χ2n) is 5.42. The number of rotatable bonds is 4. The maximum absolute atomic E-state index is 11.8. The molecule has 0 aliphatic carbocycles. The van der Waals surface area contributed by atoms with Crippen LogP contribution in [-0.4, -0.2) is 17.6 Å². The minimum absolute atomic E-state index is 0.204. The van der Waals surface area contributed by atoms with Crippen LogP contribution < -0.4 is 5.73 Å². The summed E-state index contributed by atoms with van der Waals surface area (Å²) in [6, 6.07) is 8.20. The maximum Gasteiger partial charge on any atom is 0.313 e. The quantitative estimate of drug-likeness (QED) is 0.858. The number of carbonyl (C=O) groups excluding carboxylic acids is 1. The molecule has 0 aliphatic heterocycles. The SMILES string of the molecule is COC(=O)C(C)(C)Cn1ccc2ccc(CN)cc21. The number of esters is 1. The molecule has 2 aromatic rings. The van der Waals surface area contributed by atoms with Crippen LogP contribution in [0.15, 0.2) is 30.5 Å². The zero-order valence-corrected chi connectivity index (χ0v) is 11.6. The van der Waals surface area contributed by atoms with Crippen molar-refractivity contribution in [3.05, 3.63) is 36.0 Å². The molecule has 0 saturated carbocycles. The molecular weight excluding hydrogens is 240 g/mol. The zero-order valence-electron chi connectivity index (χ0n) is 11.6. The smallest absolute Gasteiger partial charge is 0.313 e. The first kappa shape index (κ1) is 13.6. The molecule has 1 aromatic carbocycles. The van der Waals surface area contributed by atoms with Crippen molar-refractivity contribution in [1.29, 1.82) is 0 Å². The number of nitrogens with two attached hydrogens (primary N) is 1. The third-order valence-corrected chi connectivity index (χ3v) is 3.38. The lowest BCUT2D eigenvalue weighted by molar-refractivity contribution is -0.151. The van der Waals surface area contributed by atoms with Crippen molar-refractivity contribution in [2.24, 2.45) is 11.1 Å². The summed E-state index contributed by atoms with van der Waals surface area (Å²) in [5.41, 5.74) is 7.30. The Balaban J connectivity index is 2.38. The Bertz CT molecular complexity index is 599. The zero-order chi connectivity index (χ0) is 14.0. The van der Waals surface area contributed by atoms with Crippen LogP contribution >= 0.6 is 0 Å². The van der Waals surface area contributed by atoms with Crippen LogP contribution in [0.25, 0.3) is 10.9 Å². The maximum atomic E-state index is 11.8. The molecule has 0 spiro atoms. The van der Waals surface area contributed by atoms with Gasteiger partial charge >= 0.3 is 5.97 Å². The summed E-state index contributed by atoms with van der Waals surface area (Å²) in [6.07, 6.45) is 2.00. The van der Waals surface area contributed by atoms with Gasteiger partial charge in [0.2, 0.25) is 0 Å². The Morgan fingerprint density at radius 1 is 1.37 bits per heavy atom. The molecule has 4 heteroatoms. The van der Waals surface area contributed by atoms with E-state index in [0.29, 0.717) is 13.1 Å². The highest BCUT2D eigenvalue weighted by Crippen LogP contribution is 2.25. The van der Waals surface area contributed by atoms with Gasteiger partial charge in [0.15, 0.2) is 0 Å². The van der Waals surface area contributed by atoms with Gasteiger partial charge in [-0.15, -0.1) is 0 Å². The van der Waals surface area contributed by atoms with Crippen LogP contribution in [0.3, 0.4) is 0 Å². The number of hydrogen-bond acceptors (Lipinski definition) is 3. The van der Waals surface area contributed by atoms with E-state index in [2.05, 4.69) is 16.7 Å². The number of benzene rings is 1. The van der Waals surface area contributed by atoms with Gasteiger partial charge in [0, 0.05) is 24.8 Å². The number of methoxy groups -OCH3 is 1. The number of aromatic nitrogens is 1. The van der Waals surface area contributed by atoms with Crippen molar-refractivity contribution < 1.29 is 9.53 Å². The van der Waals surface area contributed by atoms with Gasteiger partial charge < -0.3 is 15.0 Å². The second-order valence-corrected chi connectivity index (χ2v) is 5.42. The third-order valence-electron chi connectivity index (χ3n) is 3.38. The Kier molecular flexibility index (Phi) is 3.62. The Labute approximate surface area is 113 Å². The third kappa shape index (κ3) is 2.63. The molecular formula is C15H20N2O2. The van der Waals surface area contributed by atoms with E-state index in [-0.39, 0.29) is 5.97 Å². The summed E-state index contributed by atoms with van der Waals surface area (Å²) in [7, 11) is 1.42. The molecule has 0 aliphatic rings. The molecule has 4 nitrogen and oxygen atoms in total. The van der Waals surface area contributed by atoms with Crippen LogP contribution in [0.2, 0.25) is 0 Å². The lowest BCUT2D eigenvalue weighted by Gasteiger charge is -2.22. The molecule has 0 amide bonds. The van der Waals surface area contributed by atoms with E-state index >= 15 is 0 Å². The minimum atomic E-state index is -0.556. The molecule has 0 radical (unpaired) electrons. The minimum Gasteiger partial charge on any atom is -0.469 e. The fourth-order valence-corrected chi connectivity index (χ4v) is 2.26. The average molecular weight is 260 g/mol. The lowest BCUT2D eigenvalue weighted by atomic mass is 9.93. The fraction of sp³-hybridized carbons (Fsp3) is 0.400. The van der Waals surface area contributed by atoms with Crippen LogP contribution in [-0.2, 0) is 22.6 Å². The molecule has 1 heterocycles. The Morgan fingerprint density at radius 3 is 2.74 bits per heavy atom. The molecule has 0 atom stereocenters. The van der Waals surface area contributed by atoms with E-state index in [0.717, 1.165) is 16.5 Å². The first-order valence-electron chi connectivity index (χ1n) is 6.34. The monoisotopic (exact) mass is 260 g/mol. The molecule has 1 aromatic heterocycles. The molecule has 0 unspecified atom stereocenters. The van der Waals surface area contributed by atoms with E-state index in [1.54, 1.807) is 0 Å². The number of fused-ring (bicyclic) bond motifs is 1. The van der Waals surface area contributed by atoms with Crippen molar-refractivity contribution in [1.82, 2.24) is 4.57 Å². The van der Waals surface area contributed by atoms with E-state index in [1.165, 1.54) is 7.11 Å². The van der Waals surface area contributed by atoms with Crippen molar-refractivity contribution in [2.45, 2.75) is 26.9 Å². The van der Waals surface area contributed by atoms with Crippen LogP contribution in [0.4, 0.5) is 0 Å². The van der Waals surface area contributed by atoms with Crippen molar-refractivity contribution in [3.63, 3.8) is 0 Å². The summed E-state index contributed by atoms with van der Waals surface area (Å²) in [5, 5.41) is 1.15. The Hall–Kier alpha value is -1.81. The summed E-state index contributed by atoms with van der Waals surface area (Å²) < 4.78 is 6.92. The van der Waals surface area contributed by atoms with E-state index in [4.69, 9.17) is 10.5 Å². The predicted molar refractivity (Wildman–Crippen MR) is 75.6 cm³/mol. The first-order chi connectivity index (χ1) is 8.97.